The third kappa shape index (κ3) is 2.76. The van der Waals surface area contributed by atoms with Gasteiger partial charge in [-0.2, -0.15) is 13.2 Å². The van der Waals surface area contributed by atoms with Crippen molar-refractivity contribution in [2.45, 2.75) is 6.18 Å². The molecular formula is C15H12F3N3S. The van der Waals surface area contributed by atoms with E-state index in [1.165, 1.54) is 12.1 Å². The fourth-order valence-electron chi connectivity index (χ4n) is 2.21. The number of thiol groups is 1. The van der Waals surface area contributed by atoms with Crippen LogP contribution in [0.1, 0.15) is 5.56 Å². The molecule has 0 aliphatic carbocycles. The first kappa shape index (κ1) is 14.8. The van der Waals surface area contributed by atoms with Gasteiger partial charge in [0.25, 0.3) is 0 Å². The number of amidine groups is 1. The van der Waals surface area contributed by atoms with Crippen LogP contribution in [0.2, 0.25) is 0 Å². The van der Waals surface area contributed by atoms with E-state index in [2.05, 4.69) is 17.6 Å². The molecule has 3 rings (SSSR count). The van der Waals surface area contributed by atoms with E-state index in [1.807, 2.05) is 35.3 Å². The Kier molecular flexibility index (Phi) is 3.74. The second-order valence-corrected chi connectivity index (χ2v) is 5.09. The predicted molar refractivity (Wildman–Crippen MR) is 84.1 cm³/mol. The lowest BCUT2D eigenvalue weighted by molar-refractivity contribution is -0.137. The molecule has 0 aromatic heterocycles. The molecular weight excluding hydrogens is 311 g/mol. The van der Waals surface area contributed by atoms with E-state index >= 15 is 0 Å². The molecule has 2 aromatic carbocycles. The Morgan fingerprint density at radius 3 is 2.14 bits per heavy atom. The van der Waals surface area contributed by atoms with Gasteiger partial charge in [-0.3, -0.25) is 5.01 Å². The molecule has 2 aromatic rings. The van der Waals surface area contributed by atoms with Gasteiger partial charge in [-0.05, 0) is 36.4 Å². The van der Waals surface area contributed by atoms with Crippen LogP contribution in [0.4, 0.5) is 24.5 Å². The number of hydrazine groups is 1. The number of anilines is 2. The number of benzene rings is 2. The standard InChI is InChI=1S/C15H12F3N3S/c16-15(17,18)11-6-8-13(9-7-11)21-14(22)19-10-20(21)12-4-2-1-3-5-12/h1-9H,10H2,(H,19,22). The Labute approximate surface area is 131 Å². The molecule has 1 aliphatic rings. The Morgan fingerprint density at radius 2 is 1.55 bits per heavy atom. The van der Waals surface area contributed by atoms with Gasteiger partial charge >= 0.3 is 6.18 Å². The molecule has 0 unspecified atom stereocenters. The van der Waals surface area contributed by atoms with E-state index in [4.69, 9.17) is 0 Å². The highest BCUT2D eigenvalue weighted by Crippen LogP contribution is 2.32. The van der Waals surface area contributed by atoms with Crippen LogP contribution in [-0.2, 0) is 6.18 Å². The molecule has 0 saturated heterocycles. The normalized spacial score (nSPS) is 15.2. The third-order valence-corrected chi connectivity index (χ3v) is 3.60. The Hall–Kier alpha value is -2.15. The number of halogens is 3. The highest BCUT2D eigenvalue weighted by atomic mass is 32.1. The minimum absolute atomic E-state index is 0.365. The van der Waals surface area contributed by atoms with Crippen molar-refractivity contribution in [2.24, 2.45) is 4.99 Å². The lowest BCUT2D eigenvalue weighted by Crippen LogP contribution is -2.40. The molecule has 1 aliphatic heterocycles. The fraction of sp³-hybridized carbons (Fsp3) is 0.133. The number of alkyl halides is 3. The summed E-state index contributed by atoms with van der Waals surface area (Å²) in [5, 5.41) is 3.95. The molecule has 0 bridgehead atoms. The molecule has 22 heavy (non-hydrogen) atoms. The molecule has 1 heterocycles. The molecule has 0 spiro atoms. The molecule has 0 fully saturated rings. The van der Waals surface area contributed by atoms with Crippen LogP contribution in [-0.4, -0.2) is 11.8 Å². The van der Waals surface area contributed by atoms with Crippen molar-refractivity contribution in [2.75, 3.05) is 16.7 Å². The first-order chi connectivity index (χ1) is 10.5. The second kappa shape index (κ2) is 5.57. The molecule has 0 amide bonds. The van der Waals surface area contributed by atoms with E-state index in [0.717, 1.165) is 17.8 Å². The highest BCUT2D eigenvalue weighted by molar-refractivity contribution is 7.97. The van der Waals surface area contributed by atoms with Gasteiger partial charge in [0.2, 0.25) is 0 Å². The van der Waals surface area contributed by atoms with Crippen molar-refractivity contribution in [3.05, 3.63) is 60.2 Å². The van der Waals surface area contributed by atoms with E-state index in [0.29, 0.717) is 17.5 Å². The number of aliphatic imine (C=N–C) groups is 1. The van der Waals surface area contributed by atoms with Crippen LogP contribution >= 0.6 is 12.6 Å². The Morgan fingerprint density at radius 1 is 0.909 bits per heavy atom. The summed E-state index contributed by atoms with van der Waals surface area (Å²) in [6.45, 7) is 0.365. The van der Waals surface area contributed by atoms with Crippen LogP contribution in [0.5, 0.6) is 0 Å². The molecule has 114 valence electrons. The number of nitrogens with zero attached hydrogens (tertiary/aromatic N) is 3. The largest absolute Gasteiger partial charge is 0.416 e. The van der Waals surface area contributed by atoms with Crippen LogP contribution in [0.15, 0.2) is 59.6 Å². The molecule has 0 atom stereocenters. The van der Waals surface area contributed by atoms with Crippen molar-refractivity contribution < 1.29 is 13.2 Å². The van der Waals surface area contributed by atoms with Crippen LogP contribution in [0, 0.1) is 0 Å². The first-order valence-electron chi connectivity index (χ1n) is 6.50. The molecule has 0 N–H and O–H groups in total. The summed E-state index contributed by atoms with van der Waals surface area (Å²) in [7, 11) is 0. The highest BCUT2D eigenvalue weighted by Gasteiger charge is 2.31. The van der Waals surface area contributed by atoms with E-state index in [-0.39, 0.29) is 0 Å². The van der Waals surface area contributed by atoms with Gasteiger partial charge in [0.05, 0.1) is 16.9 Å². The van der Waals surface area contributed by atoms with Gasteiger partial charge < -0.3 is 0 Å². The zero-order valence-corrected chi connectivity index (χ0v) is 12.2. The number of hydrogen-bond acceptors (Lipinski definition) is 3. The second-order valence-electron chi connectivity index (χ2n) is 4.69. The van der Waals surface area contributed by atoms with E-state index in [9.17, 15) is 13.2 Å². The van der Waals surface area contributed by atoms with Crippen molar-refractivity contribution >= 4 is 29.2 Å². The van der Waals surface area contributed by atoms with E-state index in [1.54, 1.807) is 5.01 Å². The molecule has 0 radical (unpaired) electrons. The van der Waals surface area contributed by atoms with E-state index < -0.39 is 11.7 Å². The Bertz CT molecular complexity index is 683. The van der Waals surface area contributed by atoms with Crippen molar-refractivity contribution in [1.29, 1.82) is 0 Å². The van der Waals surface area contributed by atoms with Crippen molar-refractivity contribution in [1.82, 2.24) is 0 Å². The minimum atomic E-state index is -4.35. The smallest absolute Gasteiger partial charge is 0.257 e. The first-order valence-corrected chi connectivity index (χ1v) is 6.95. The minimum Gasteiger partial charge on any atom is -0.257 e. The molecule has 0 saturated carbocycles. The summed E-state index contributed by atoms with van der Waals surface area (Å²) in [6.07, 6.45) is -4.35. The SMILES string of the molecule is FC(F)(F)c1ccc(N2C(S)=NCN2c2ccccc2)cc1. The number of hydrogen-bond donors (Lipinski definition) is 1. The average molecular weight is 323 g/mol. The van der Waals surface area contributed by atoms with Crippen molar-refractivity contribution in [3.8, 4) is 0 Å². The van der Waals surface area contributed by atoms with Crippen molar-refractivity contribution in [3.63, 3.8) is 0 Å². The number of para-hydroxylation sites is 1. The zero-order chi connectivity index (χ0) is 15.7. The third-order valence-electron chi connectivity index (χ3n) is 3.27. The quantitative estimate of drug-likeness (QED) is 0.836. The van der Waals surface area contributed by atoms with Crippen LogP contribution in [0.3, 0.4) is 0 Å². The maximum atomic E-state index is 12.7. The van der Waals surface area contributed by atoms with Crippen LogP contribution < -0.4 is 10.0 Å². The van der Waals surface area contributed by atoms with Gasteiger partial charge in [0.1, 0.15) is 6.67 Å². The summed E-state index contributed by atoms with van der Waals surface area (Å²) in [5.74, 6) is 0. The Balaban J connectivity index is 1.93. The summed E-state index contributed by atoms with van der Waals surface area (Å²) < 4.78 is 38.0. The van der Waals surface area contributed by atoms with Gasteiger partial charge in [-0.15, -0.1) is 12.6 Å². The summed E-state index contributed by atoms with van der Waals surface area (Å²) in [5.41, 5.74) is 0.776. The lowest BCUT2D eigenvalue weighted by Gasteiger charge is -2.30. The fourth-order valence-corrected chi connectivity index (χ4v) is 2.50. The zero-order valence-electron chi connectivity index (χ0n) is 11.3. The topological polar surface area (TPSA) is 18.8 Å². The summed E-state index contributed by atoms with van der Waals surface area (Å²) in [6, 6.07) is 14.4. The average Bonchev–Trinajstić information content (AvgIpc) is 2.89. The summed E-state index contributed by atoms with van der Waals surface area (Å²) >= 11 is 4.30. The maximum Gasteiger partial charge on any atom is 0.416 e. The van der Waals surface area contributed by atoms with Gasteiger partial charge in [-0.1, -0.05) is 18.2 Å². The van der Waals surface area contributed by atoms with Gasteiger partial charge in [0.15, 0.2) is 5.17 Å². The number of rotatable bonds is 2. The maximum absolute atomic E-state index is 12.7. The van der Waals surface area contributed by atoms with Crippen LogP contribution in [0.25, 0.3) is 0 Å². The van der Waals surface area contributed by atoms with Gasteiger partial charge in [-0.25, -0.2) is 10.0 Å². The molecule has 7 heteroatoms. The molecule has 3 nitrogen and oxygen atoms in total. The predicted octanol–water partition coefficient (Wildman–Crippen LogP) is 4.19. The monoisotopic (exact) mass is 323 g/mol. The summed E-state index contributed by atoms with van der Waals surface area (Å²) in [4.78, 5) is 4.23. The lowest BCUT2D eigenvalue weighted by atomic mass is 10.2. The van der Waals surface area contributed by atoms with Gasteiger partial charge in [0, 0.05) is 0 Å².